The van der Waals surface area contributed by atoms with Gasteiger partial charge in [0.1, 0.15) is 6.04 Å². The quantitative estimate of drug-likeness (QED) is 0.892. The van der Waals surface area contributed by atoms with Crippen LogP contribution in [0.1, 0.15) is 11.7 Å². The van der Waals surface area contributed by atoms with Crippen LogP contribution in [0.25, 0.3) is 0 Å². The molecule has 1 atom stereocenters. The molecule has 1 aromatic heterocycles. The standard InChI is InChI=1S/C10H15F2N3.2ClH/c11-10(12)9(8-2-1-3-14-8)15-6-4-13-5-7-15;;/h1-3,9-10,13-14H,4-7H2;2*1H/t9-;;/m1../s1. The fourth-order valence-corrected chi connectivity index (χ4v) is 1.98. The van der Waals surface area contributed by atoms with Gasteiger partial charge in [0, 0.05) is 38.1 Å². The highest BCUT2D eigenvalue weighted by Crippen LogP contribution is 2.26. The number of rotatable bonds is 3. The Morgan fingerprint density at radius 1 is 1.18 bits per heavy atom. The molecular formula is C10H17Cl2F2N3. The van der Waals surface area contributed by atoms with Crippen LogP contribution in [0.2, 0.25) is 0 Å². The van der Waals surface area contributed by atoms with Gasteiger partial charge in [-0.3, -0.25) is 4.90 Å². The topological polar surface area (TPSA) is 31.1 Å². The molecule has 3 nitrogen and oxygen atoms in total. The summed E-state index contributed by atoms with van der Waals surface area (Å²) >= 11 is 0. The zero-order valence-corrected chi connectivity index (χ0v) is 10.9. The molecule has 2 heterocycles. The van der Waals surface area contributed by atoms with Crippen molar-refractivity contribution in [3.8, 4) is 0 Å². The van der Waals surface area contributed by atoms with Gasteiger partial charge in [0.25, 0.3) is 6.43 Å². The van der Waals surface area contributed by atoms with Crippen molar-refractivity contribution in [1.29, 1.82) is 0 Å². The van der Waals surface area contributed by atoms with Crippen molar-refractivity contribution in [2.24, 2.45) is 0 Å². The zero-order valence-electron chi connectivity index (χ0n) is 9.23. The van der Waals surface area contributed by atoms with E-state index in [9.17, 15) is 8.78 Å². The molecule has 100 valence electrons. The Labute approximate surface area is 112 Å². The third-order valence-corrected chi connectivity index (χ3v) is 2.72. The van der Waals surface area contributed by atoms with E-state index < -0.39 is 12.5 Å². The SMILES string of the molecule is Cl.Cl.FC(F)[C@@H](c1ccc[nH]1)N1CCNCC1. The Kier molecular flexibility index (Phi) is 7.70. The molecule has 0 aliphatic carbocycles. The Morgan fingerprint density at radius 3 is 2.29 bits per heavy atom. The molecule has 1 saturated heterocycles. The molecule has 1 aromatic rings. The molecule has 7 heteroatoms. The van der Waals surface area contributed by atoms with Crippen molar-refractivity contribution in [2.45, 2.75) is 12.5 Å². The Balaban J connectivity index is 0.00000128. The summed E-state index contributed by atoms with van der Waals surface area (Å²) in [4.78, 5) is 4.70. The van der Waals surface area contributed by atoms with Crippen LogP contribution >= 0.6 is 24.8 Å². The second-order valence-corrected chi connectivity index (χ2v) is 3.69. The average molecular weight is 288 g/mol. The van der Waals surface area contributed by atoms with Gasteiger partial charge >= 0.3 is 0 Å². The molecule has 1 fully saturated rings. The van der Waals surface area contributed by atoms with Gasteiger partial charge in [-0.25, -0.2) is 8.78 Å². The lowest BCUT2D eigenvalue weighted by molar-refractivity contribution is 0.0163. The van der Waals surface area contributed by atoms with Gasteiger partial charge in [-0.1, -0.05) is 0 Å². The minimum Gasteiger partial charge on any atom is -0.364 e. The van der Waals surface area contributed by atoms with E-state index in [1.54, 1.807) is 18.3 Å². The van der Waals surface area contributed by atoms with Crippen molar-refractivity contribution in [3.63, 3.8) is 0 Å². The van der Waals surface area contributed by atoms with Gasteiger partial charge < -0.3 is 10.3 Å². The van der Waals surface area contributed by atoms with Crippen molar-refractivity contribution in [2.75, 3.05) is 26.2 Å². The molecular weight excluding hydrogens is 271 g/mol. The van der Waals surface area contributed by atoms with E-state index in [1.807, 2.05) is 4.90 Å². The van der Waals surface area contributed by atoms with Gasteiger partial charge in [-0.2, -0.15) is 0 Å². The first kappa shape index (κ1) is 16.6. The summed E-state index contributed by atoms with van der Waals surface area (Å²) in [5, 5.41) is 3.16. The number of H-pyrrole nitrogens is 1. The predicted molar refractivity (Wildman–Crippen MR) is 68.5 cm³/mol. The van der Waals surface area contributed by atoms with Crippen LogP contribution in [0, 0.1) is 0 Å². The summed E-state index contributed by atoms with van der Waals surface area (Å²) in [7, 11) is 0. The normalized spacial score (nSPS) is 18.3. The second kappa shape index (κ2) is 7.87. The highest BCUT2D eigenvalue weighted by Gasteiger charge is 2.30. The Hall–Kier alpha value is -0.360. The van der Waals surface area contributed by atoms with Crippen molar-refractivity contribution in [1.82, 2.24) is 15.2 Å². The Bertz CT molecular complexity index is 290. The first-order valence-electron chi connectivity index (χ1n) is 5.15. The van der Waals surface area contributed by atoms with Gasteiger partial charge in [-0.05, 0) is 12.1 Å². The molecule has 0 bridgehead atoms. The number of piperazine rings is 1. The highest BCUT2D eigenvalue weighted by atomic mass is 35.5. The van der Waals surface area contributed by atoms with Crippen molar-refractivity contribution < 1.29 is 8.78 Å². The second-order valence-electron chi connectivity index (χ2n) is 3.69. The number of halogens is 4. The molecule has 2 N–H and O–H groups in total. The molecule has 0 radical (unpaired) electrons. The fourth-order valence-electron chi connectivity index (χ4n) is 1.98. The van der Waals surface area contributed by atoms with E-state index in [1.165, 1.54) is 0 Å². The van der Waals surface area contributed by atoms with Crippen LogP contribution < -0.4 is 5.32 Å². The lowest BCUT2D eigenvalue weighted by Gasteiger charge is -2.33. The summed E-state index contributed by atoms with van der Waals surface area (Å²) < 4.78 is 25.9. The van der Waals surface area contributed by atoms with E-state index in [0.29, 0.717) is 18.8 Å². The molecule has 0 amide bonds. The zero-order chi connectivity index (χ0) is 10.7. The van der Waals surface area contributed by atoms with Gasteiger partial charge in [-0.15, -0.1) is 24.8 Å². The van der Waals surface area contributed by atoms with Crippen LogP contribution in [0.15, 0.2) is 18.3 Å². The molecule has 0 saturated carbocycles. The smallest absolute Gasteiger partial charge is 0.259 e. The maximum absolute atomic E-state index is 13.0. The van der Waals surface area contributed by atoms with E-state index >= 15 is 0 Å². The molecule has 2 rings (SSSR count). The van der Waals surface area contributed by atoms with Gasteiger partial charge in [0.05, 0.1) is 0 Å². The number of aromatic amines is 1. The van der Waals surface area contributed by atoms with E-state index in [-0.39, 0.29) is 24.8 Å². The van der Waals surface area contributed by atoms with Crippen LogP contribution in [0.5, 0.6) is 0 Å². The number of hydrogen-bond acceptors (Lipinski definition) is 2. The maximum Gasteiger partial charge on any atom is 0.259 e. The number of nitrogens with zero attached hydrogens (tertiary/aromatic N) is 1. The minimum atomic E-state index is -2.35. The van der Waals surface area contributed by atoms with E-state index in [0.717, 1.165) is 13.1 Å². The van der Waals surface area contributed by atoms with E-state index in [2.05, 4.69) is 10.3 Å². The fraction of sp³-hybridized carbons (Fsp3) is 0.600. The number of aromatic nitrogens is 1. The summed E-state index contributed by atoms with van der Waals surface area (Å²) in [5.74, 6) is 0. The van der Waals surface area contributed by atoms with Gasteiger partial charge in [0.15, 0.2) is 0 Å². The van der Waals surface area contributed by atoms with Crippen LogP contribution in [0.4, 0.5) is 8.78 Å². The van der Waals surface area contributed by atoms with E-state index in [4.69, 9.17) is 0 Å². The molecule has 17 heavy (non-hydrogen) atoms. The third kappa shape index (κ3) is 4.10. The Morgan fingerprint density at radius 2 is 1.82 bits per heavy atom. The highest BCUT2D eigenvalue weighted by molar-refractivity contribution is 5.85. The molecule has 1 aliphatic heterocycles. The number of hydrogen-bond donors (Lipinski definition) is 2. The van der Waals surface area contributed by atoms with Crippen molar-refractivity contribution >= 4 is 24.8 Å². The summed E-state index contributed by atoms with van der Waals surface area (Å²) in [6.07, 6.45) is -0.658. The first-order valence-corrected chi connectivity index (χ1v) is 5.15. The van der Waals surface area contributed by atoms with Crippen LogP contribution in [0.3, 0.4) is 0 Å². The van der Waals surface area contributed by atoms with Crippen LogP contribution in [-0.2, 0) is 0 Å². The third-order valence-electron chi connectivity index (χ3n) is 2.72. The molecule has 0 unspecified atom stereocenters. The lowest BCUT2D eigenvalue weighted by atomic mass is 10.1. The van der Waals surface area contributed by atoms with Gasteiger partial charge in [0.2, 0.25) is 0 Å². The summed E-state index contributed by atoms with van der Waals surface area (Å²) in [6.45, 7) is 2.91. The minimum absolute atomic E-state index is 0. The molecule has 0 spiro atoms. The largest absolute Gasteiger partial charge is 0.364 e. The van der Waals surface area contributed by atoms with Crippen molar-refractivity contribution in [3.05, 3.63) is 24.0 Å². The predicted octanol–water partition coefficient (Wildman–Crippen LogP) is 2.07. The first-order chi connectivity index (χ1) is 7.29. The number of nitrogens with one attached hydrogen (secondary N) is 2. The lowest BCUT2D eigenvalue weighted by Crippen LogP contribution is -2.47. The summed E-state index contributed by atoms with van der Waals surface area (Å²) in [6, 6.07) is 2.69. The monoisotopic (exact) mass is 287 g/mol. The number of alkyl halides is 2. The summed E-state index contributed by atoms with van der Waals surface area (Å²) in [5.41, 5.74) is 0.604. The molecule has 0 aromatic carbocycles. The molecule has 1 aliphatic rings. The van der Waals surface area contributed by atoms with Crippen LogP contribution in [-0.4, -0.2) is 42.5 Å². The average Bonchev–Trinajstić information content (AvgIpc) is 2.72. The maximum atomic E-state index is 13.0.